The van der Waals surface area contributed by atoms with Gasteiger partial charge in [0.2, 0.25) is 0 Å². The molecule has 0 amide bonds. The number of hydrogen-bond acceptors (Lipinski definition) is 3. The molecule has 3 aromatic rings. The van der Waals surface area contributed by atoms with Gasteiger partial charge in [-0.2, -0.15) is 10.4 Å². The van der Waals surface area contributed by atoms with Crippen molar-refractivity contribution in [2.24, 2.45) is 0 Å². The largest absolute Gasteiger partial charge is 0.308 e. The van der Waals surface area contributed by atoms with Crippen molar-refractivity contribution in [3.63, 3.8) is 0 Å². The van der Waals surface area contributed by atoms with Gasteiger partial charge in [-0.05, 0) is 23.8 Å². The minimum Gasteiger partial charge on any atom is -0.308 e. The Labute approximate surface area is 109 Å². The van der Waals surface area contributed by atoms with Crippen molar-refractivity contribution < 1.29 is 0 Å². The highest BCUT2D eigenvalue weighted by molar-refractivity contribution is 5.42. The molecule has 3 rings (SSSR count). The lowest BCUT2D eigenvalue weighted by Gasteiger charge is -2.06. The topological polar surface area (TPSA) is 63.1 Å². The van der Waals surface area contributed by atoms with E-state index >= 15 is 0 Å². The zero-order valence-electron chi connectivity index (χ0n) is 10.0. The summed E-state index contributed by atoms with van der Waals surface area (Å²) in [7, 11) is 0. The highest BCUT2D eigenvalue weighted by atomic mass is 16.1. The molecule has 0 saturated carbocycles. The van der Waals surface area contributed by atoms with Crippen molar-refractivity contribution in [3.8, 4) is 6.07 Å². The summed E-state index contributed by atoms with van der Waals surface area (Å²) in [5, 5.41) is 12.8. The molecular formula is C14H10N4O. The lowest BCUT2D eigenvalue weighted by Crippen LogP contribution is -2.21. The van der Waals surface area contributed by atoms with E-state index in [9.17, 15) is 4.79 Å². The molecular weight excluding hydrogens is 240 g/mol. The first kappa shape index (κ1) is 11.2. The van der Waals surface area contributed by atoms with Crippen molar-refractivity contribution in [2.75, 3.05) is 0 Å². The van der Waals surface area contributed by atoms with Gasteiger partial charge in [0.15, 0.2) is 0 Å². The van der Waals surface area contributed by atoms with Crippen molar-refractivity contribution in [1.29, 1.82) is 5.26 Å². The van der Waals surface area contributed by atoms with Crippen LogP contribution in [-0.4, -0.2) is 14.2 Å². The number of nitriles is 1. The molecule has 0 aliphatic carbocycles. The highest BCUT2D eigenvalue weighted by Gasteiger charge is 2.03. The third-order valence-corrected chi connectivity index (χ3v) is 2.97. The summed E-state index contributed by atoms with van der Waals surface area (Å²) in [5.74, 6) is 0. The minimum absolute atomic E-state index is 0.0793. The van der Waals surface area contributed by atoms with Crippen LogP contribution in [0.4, 0.5) is 0 Å². The Morgan fingerprint density at radius 3 is 2.68 bits per heavy atom. The molecule has 0 radical (unpaired) electrons. The van der Waals surface area contributed by atoms with Crippen molar-refractivity contribution >= 4 is 5.52 Å². The lowest BCUT2D eigenvalue weighted by molar-refractivity contribution is 0.743. The molecule has 0 N–H and O–H groups in total. The van der Waals surface area contributed by atoms with Gasteiger partial charge in [0, 0.05) is 12.4 Å². The van der Waals surface area contributed by atoms with Crippen LogP contribution in [0.15, 0.2) is 53.7 Å². The maximum absolute atomic E-state index is 12.2. The van der Waals surface area contributed by atoms with Crippen LogP contribution >= 0.6 is 0 Å². The van der Waals surface area contributed by atoms with E-state index in [4.69, 9.17) is 5.26 Å². The molecule has 0 fully saturated rings. The van der Waals surface area contributed by atoms with Crippen LogP contribution in [0.5, 0.6) is 0 Å². The molecule has 92 valence electrons. The fourth-order valence-electron chi connectivity index (χ4n) is 1.97. The SMILES string of the molecule is N#Cc1ccc(Cn2ccn3nccc3c2=O)cc1. The van der Waals surface area contributed by atoms with Gasteiger partial charge < -0.3 is 4.57 Å². The fourth-order valence-corrected chi connectivity index (χ4v) is 1.97. The maximum Gasteiger partial charge on any atom is 0.276 e. The van der Waals surface area contributed by atoms with E-state index in [0.29, 0.717) is 17.6 Å². The Kier molecular flexibility index (Phi) is 2.62. The van der Waals surface area contributed by atoms with E-state index in [-0.39, 0.29) is 5.56 Å². The molecule has 0 aliphatic heterocycles. The smallest absolute Gasteiger partial charge is 0.276 e. The van der Waals surface area contributed by atoms with E-state index in [2.05, 4.69) is 11.2 Å². The zero-order chi connectivity index (χ0) is 13.2. The fraction of sp³-hybridized carbons (Fsp3) is 0.0714. The van der Waals surface area contributed by atoms with Crippen molar-refractivity contribution in [2.45, 2.75) is 6.54 Å². The van der Waals surface area contributed by atoms with Gasteiger partial charge in [0.05, 0.1) is 24.4 Å². The highest BCUT2D eigenvalue weighted by Crippen LogP contribution is 2.05. The van der Waals surface area contributed by atoms with E-state index in [0.717, 1.165) is 5.56 Å². The van der Waals surface area contributed by atoms with Crippen LogP contribution in [-0.2, 0) is 6.54 Å². The van der Waals surface area contributed by atoms with Crippen molar-refractivity contribution in [3.05, 3.63) is 70.4 Å². The molecule has 0 atom stereocenters. The van der Waals surface area contributed by atoms with Crippen LogP contribution in [0.2, 0.25) is 0 Å². The lowest BCUT2D eigenvalue weighted by atomic mass is 10.1. The number of nitrogens with zero attached hydrogens (tertiary/aromatic N) is 4. The summed E-state index contributed by atoms with van der Waals surface area (Å²) in [6, 6.07) is 11.0. The molecule has 2 heterocycles. The van der Waals surface area contributed by atoms with Crippen LogP contribution in [0.1, 0.15) is 11.1 Å². The van der Waals surface area contributed by atoms with Gasteiger partial charge in [-0.25, -0.2) is 4.52 Å². The number of aromatic nitrogens is 3. The number of benzene rings is 1. The predicted molar refractivity (Wildman–Crippen MR) is 69.7 cm³/mol. The molecule has 0 saturated heterocycles. The summed E-state index contributed by atoms with van der Waals surface area (Å²) >= 11 is 0. The Morgan fingerprint density at radius 2 is 1.95 bits per heavy atom. The van der Waals surface area contributed by atoms with Gasteiger partial charge in [0.1, 0.15) is 5.52 Å². The molecule has 1 aromatic carbocycles. The Balaban J connectivity index is 1.98. The quantitative estimate of drug-likeness (QED) is 0.691. The summed E-state index contributed by atoms with van der Waals surface area (Å²) in [6.07, 6.45) is 5.06. The summed E-state index contributed by atoms with van der Waals surface area (Å²) in [5.41, 5.74) is 2.06. The molecule has 0 spiro atoms. The van der Waals surface area contributed by atoms with Gasteiger partial charge >= 0.3 is 0 Å². The van der Waals surface area contributed by atoms with Gasteiger partial charge in [-0.3, -0.25) is 4.79 Å². The van der Waals surface area contributed by atoms with Crippen LogP contribution in [0.25, 0.3) is 5.52 Å². The molecule has 5 heteroatoms. The van der Waals surface area contributed by atoms with E-state index in [1.54, 1.807) is 45.9 Å². The second-order valence-corrected chi connectivity index (χ2v) is 4.20. The second kappa shape index (κ2) is 4.42. The predicted octanol–water partition coefficient (Wildman–Crippen LogP) is 1.42. The van der Waals surface area contributed by atoms with Crippen LogP contribution in [0.3, 0.4) is 0 Å². The standard InChI is InChI=1S/C14H10N4O/c15-9-11-1-3-12(4-2-11)10-17-7-8-18-13(14(17)19)5-6-16-18/h1-8H,10H2. The van der Waals surface area contributed by atoms with Gasteiger partial charge in [0.25, 0.3) is 5.56 Å². The van der Waals surface area contributed by atoms with Crippen LogP contribution in [0, 0.1) is 11.3 Å². The molecule has 2 aromatic heterocycles. The third-order valence-electron chi connectivity index (χ3n) is 2.97. The molecule has 0 unspecified atom stereocenters. The normalized spacial score (nSPS) is 10.5. The first-order valence-electron chi connectivity index (χ1n) is 5.80. The van der Waals surface area contributed by atoms with Crippen molar-refractivity contribution in [1.82, 2.24) is 14.2 Å². The number of hydrogen-bond donors (Lipinski definition) is 0. The monoisotopic (exact) mass is 250 g/mol. The summed E-state index contributed by atoms with van der Waals surface area (Å²) < 4.78 is 3.18. The third kappa shape index (κ3) is 2.00. The number of fused-ring (bicyclic) bond motifs is 1. The van der Waals surface area contributed by atoms with Gasteiger partial charge in [-0.1, -0.05) is 12.1 Å². The van der Waals surface area contributed by atoms with E-state index in [1.165, 1.54) is 0 Å². The summed E-state index contributed by atoms with van der Waals surface area (Å²) in [6.45, 7) is 0.478. The molecule has 0 bridgehead atoms. The van der Waals surface area contributed by atoms with Crippen LogP contribution < -0.4 is 5.56 Å². The molecule has 19 heavy (non-hydrogen) atoms. The Morgan fingerprint density at radius 1 is 1.16 bits per heavy atom. The first-order valence-corrected chi connectivity index (χ1v) is 5.80. The Bertz CT molecular complexity index is 821. The molecule has 0 aliphatic rings. The average molecular weight is 250 g/mol. The molecule has 5 nitrogen and oxygen atoms in total. The Hall–Kier alpha value is -2.87. The van der Waals surface area contributed by atoms with E-state index in [1.807, 2.05) is 12.1 Å². The average Bonchev–Trinajstić information content (AvgIpc) is 2.92. The van der Waals surface area contributed by atoms with Gasteiger partial charge in [-0.15, -0.1) is 0 Å². The zero-order valence-corrected chi connectivity index (χ0v) is 10.0. The number of rotatable bonds is 2. The second-order valence-electron chi connectivity index (χ2n) is 4.20. The van der Waals surface area contributed by atoms with E-state index < -0.39 is 0 Å². The maximum atomic E-state index is 12.2. The first-order chi connectivity index (χ1) is 9.28. The summed E-state index contributed by atoms with van der Waals surface area (Å²) in [4.78, 5) is 12.2. The minimum atomic E-state index is -0.0793.